The van der Waals surface area contributed by atoms with E-state index in [2.05, 4.69) is 5.32 Å². The molecule has 0 aromatic heterocycles. The van der Waals surface area contributed by atoms with Crippen LogP contribution in [-0.2, 0) is 4.79 Å². The van der Waals surface area contributed by atoms with Crippen molar-refractivity contribution in [3.63, 3.8) is 0 Å². The van der Waals surface area contributed by atoms with Gasteiger partial charge in [-0.15, -0.1) is 0 Å². The van der Waals surface area contributed by atoms with E-state index in [1.165, 1.54) is 0 Å². The molecule has 0 heterocycles. The summed E-state index contributed by atoms with van der Waals surface area (Å²) < 4.78 is 5.65. The SMILES string of the molecule is Cc1cc(Cl)ccc1O[C@H](C)C(=O)Nc1ccccc1C(N)=O. The van der Waals surface area contributed by atoms with E-state index in [4.69, 9.17) is 22.1 Å². The van der Waals surface area contributed by atoms with Gasteiger partial charge < -0.3 is 15.8 Å². The highest BCUT2D eigenvalue weighted by Crippen LogP contribution is 2.23. The van der Waals surface area contributed by atoms with Crippen LogP contribution in [-0.4, -0.2) is 17.9 Å². The lowest BCUT2D eigenvalue weighted by atomic mass is 10.1. The Hall–Kier alpha value is -2.53. The predicted molar refractivity (Wildman–Crippen MR) is 89.9 cm³/mol. The number of amides is 2. The first-order chi connectivity index (χ1) is 10.9. The average molecular weight is 333 g/mol. The van der Waals surface area contributed by atoms with Gasteiger partial charge in [-0.3, -0.25) is 9.59 Å². The number of primary amides is 1. The van der Waals surface area contributed by atoms with E-state index in [9.17, 15) is 9.59 Å². The Morgan fingerprint density at radius 2 is 1.91 bits per heavy atom. The number of hydrogen-bond donors (Lipinski definition) is 2. The van der Waals surface area contributed by atoms with E-state index in [1.807, 2.05) is 6.92 Å². The quantitative estimate of drug-likeness (QED) is 0.882. The number of halogens is 1. The first kappa shape index (κ1) is 16.8. The van der Waals surface area contributed by atoms with E-state index in [1.54, 1.807) is 49.4 Å². The van der Waals surface area contributed by atoms with Gasteiger partial charge in [0.15, 0.2) is 6.10 Å². The number of benzene rings is 2. The Morgan fingerprint density at radius 3 is 2.57 bits per heavy atom. The third-order valence-corrected chi connectivity index (χ3v) is 3.50. The third kappa shape index (κ3) is 4.23. The topological polar surface area (TPSA) is 81.4 Å². The number of aryl methyl sites for hydroxylation is 1. The minimum atomic E-state index is -0.754. The van der Waals surface area contributed by atoms with Crippen LogP contribution < -0.4 is 15.8 Å². The second-order valence-electron chi connectivity index (χ2n) is 5.07. The van der Waals surface area contributed by atoms with E-state index in [0.29, 0.717) is 16.5 Å². The van der Waals surface area contributed by atoms with Crippen LogP contribution in [0.2, 0.25) is 5.02 Å². The Balaban J connectivity index is 2.10. The molecule has 0 aliphatic rings. The molecule has 5 nitrogen and oxygen atoms in total. The molecule has 0 fully saturated rings. The molecule has 0 unspecified atom stereocenters. The number of hydrogen-bond acceptors (Lipinski definition) is 3. The Kier molecular flexibility index (Phi) is 5.24. The summed E-state index contributed by atoms with van der Waals surface area (Å²) in [4.78, 5) is 23.6. The molecule has 120 valence electrons. The molecule has 6 heteroatoms. The number of para-hydroxylation sites is 1. The van der Waals surface area contributed by atoms with Crippen LogP contribution in [0.5, 0.6) is 5.75 Å². The first-order valence-corrected chi connectivity index (χ1v) is 7.39. The molecule has 3 N–H and O–H groups in total. The second-order valence-corrected chi connectivity index (χ2v) is 5.51. The Morgan fingerprint density at radius 1 is 1.22 bits per heavy atom. The van der Waals surface area contributed by atoms with Crippen LogP contribution in [0.4, 0.5) is 5.69 Å². The molecule has 0 bridgehead atoms. The number of ether oxygens (including phenoxy) is 1. The lowest BCUT2D eigenvalue weighted by molar-refractivity contribution is -0.122. The maximum atomic E-state index is 12.3. The number of carbonyl (C=O) groups is 2. The first-order valence-electron chi connectivity index (χ1n) is 7.01. The molecule has 0 aliphatic heterocycles. The van der Waals surface area contributed by atoms with E-state index in [0.717, 1.165) is 5.56 Å². The van der Waals surface area contributed by atoms with E-state index < -0.39 is 12.0 Å². The number of carbonyl (C=O) groups excluding carboxylic acids is 2. The summed E-state index contributed by atoms with van der Waals surface area (Å²) in [5.74, 6) is -0.420. The van der Waals surface area contributed by atoms with Crippen molar-refractivity contribution in [3.05, 3.63) is 58.6 Å². The van der Waals surface area contributed by atoms with Crippen molar-refractivity contribution in [3.8, 4) is 5.75 Å². The van der Waals surface area contributed by atoms with Gasteiger partial charge in [-0.1, -0.05) is 23.7 Å². The van der Waals surface area contributed by atoms with Gasteiger partial charge in [-0.2, -0.15) is 0 Å². The fourth-order valence-corrected chi connectivity index (χ4v) is 2.26. The minimum absolute atomic E-state index is 0.246. The summed E-state index contributed by atoms with van der Waals surface area (Å²) in [6.07, 6.45) is -0.754. The molecule has 2 amide bonds. The maximum absolute atomic E-state index is 12.3. The minimum Gasteiger partial charge on any atom is -0.481 e. The van der Waals surface area contributed by atoms with Gasteiger partial charge in [0, 0.05) is 5.02 Å². The summed E-state index contributed by atoms with van der Waals surface area (Å²) in [5.41, 5.74) is 6.72. The molecular formula is C17H17ClN2O3. The smallest absolute Gasteiger partial charge is 0.265 e. The number of anilines is 1. The Labute approximate surface area is 139 Å². The van der Waals surface area contributed by atoms with Gasteiger partial charge in [0.2, 0.25) is 0 Å². The van der Waals surface area contributed by atoms with Crippen LogP contribution in [0.1, 0.15) is 22.8 Å². The molecule has 0 radical (unpaired) electrons. The van der Waals surface area contributed by atoms with Crippen LogP contribution in [0.3, 0.4) is 0 Å². The largest absolute Gasteiger partial charge is 0.481 e. The van der Waals surface area contributed by atoms with Crippen molar-refractivity contribution in [2.75, 3.05) is 5.32 Å². The number of nitrogens with one attached hydrogen (secondary N) is 1. The van der Waals surface area contributed by atoms with Crippen molar-refractivity contribution in [2.45, 2.75) is 20.0 Å². The lowest BCUT2D eigenvalue weighted by Gasteiger charge is -2.17. The lowest BCUT2D eigenvalue weighted by Crippen LogP contribution is -2.31. The van der Waals surface area contributed by atoms with E-state index in [-0.39, 0.29) is 11.5 Å². The molecule has 0 aliphatic carbocycles. The van der Waals surface area contributed by atoms with Crippen LogP contribution in [0.25, 0.3) is 0 Å². The second kappa shape index (κ2) is 7.15. The van der Waals surface area contributed by atoms with Gasteiger partial charge in [-0.25, -0.2) is 0 Å². The molecule has 2 aromatic carbocycles. The fraction of sp³-hybridized carbons (Fsp3) is 0.176. The van der Waals surface area contributed by atoms with Crippen LogP contribution in [0.15, 0.2) is 42.5 Å². The zero-order chi connectivity index (χ0) is 17.0. The maximum Gasteiger partial charge on any atom is 0.265 e. The van der Waals surface area contributed by atoms with Crippen LogP contribution in [0, 0.1) is 6.92 Å². The molecule has 2 rings (SSSR count). The van der Waals surface area contributed by atoms with Gasteiger partial charge in [0.25, 0.3) is 11.8 Å². The number of nitrogens with two attached hydrogens (primary N) is 1. The molecule has 2 aromatic rings. The highest BCUT2D eigenvalue weighted by atomic mass is 35.5. The average Bonchev–Trinajstić information content (AvgIpc) is 2.50. The van der Waals surface area contributed by atoms with Gasteiger partial charge >= 0.3 is 0 Å². The summed E-state index contributed by atoms with van der Waals surface area (Å²) >= 11 is 5.89. The highest BCUT2D eigenvalue weighted by molar-refractivity contribution is 6.30. The summed E-state index contributed by atoms with van der Waals surface area (Å²) in [6, 6.07) is 11.7. The van der Waals surface area contributed by atoms with Crippen molar-refractivity contribution >= 4 is 29.1 Å². The van der Waals surface area contributed by atoms with Crippen molar-refractivity contribution in [1.82, 2.24) is 0 Å². The predicted octanol–water partition coefficient (Wildman–Crippen LogP) is 3.15. The normalized spacial score (nSPS) is 11.6. The third-order valence-electron chi connectivity index (χ3n) is 3.26. The van der Waals surface area contributed by atoms with Crippen molar-refractivity contribution < 1.29 is 14.3 Å². The van der Waals surface area contributed by atoms with Crippen molar-refractivity contribution in [1.29, 1.82) is 0 Å². The Bertz CT molecular complexity index is 746. The molecule has 0 spiro atoms. The summed E-state index contributed by atoms with van der Waals surface area (Å²) in [6.45, 7) is 3.46. The summed E-state index contributed by atoms with van der Waals surface area (Å²) in [5, 5.41) is 3.25. The molecule has 0 saturated carbocycles. The van der Waals surface area contributed by atoms with Crippen molar-refractivity contribution in [2.24, 2.45) is 5.73 Å². The molecule has 23 heavy (non-hydrogen) atoms. The zero-order valence-corrected chi connectivity index (χ0v) is 13.6. The molecule has 1 atom stereocenters. The fourth-order valence-electron chi connectivity index (χ4n) is 2.03. The van der Waals surface area contributed by atoms with Gasteiger partial charge in [-0.05, 0) is 49.7 Å². The van der Waals surface area contributed by atoms with E-state index >= 15 is 0 Å². The number of rotatable bonds is 5. The van der Waals surface area contributed by atoms with Crippen LogP contribution >= 0.6 is 11.6 Å². The summed E-state index contributed by atoms with van der Waals surface area (Å²) in [7, 11) is 0. The van der Waals surface area contributed by atoms with Gasteiger partial charge in [0.05, 0.1) is 11.3 Å². The molecule has 0 saturated heterocycles. The highest BCUT2D eigenvalue weighted by Gasteiger charge is 2.18. The van der Waals surface area contributed by atoms with Gasteiger partial charge in [0.1, 0.15) is 5.75 Å². The monoisotopic (exact) mass is 332 g/mol. The molecular weight excluding hydrogens is 316 g/mol. The zero-order valence-electron chi connectivity index (χ0n) is 12.8. The standard InChI is InChI=1S/C17H17ClN2O3/c1-10-9-12(18)7-8-15(10)23-11(2)17(22)20-14-6-4-3-5-13(14)16(19)21/h3-9,11H,1-2H3,(H2,19,21)(H,20,22)/t11-/m1/s1.